The van der Waals surface area contributed by atoms with Gasteiger partial charge in [0.05, 0.1) is 0 Å². The van der Waals surface area contributed by atoms with Gasteiger partial charge in [0, 0.05) is 24.9 Å². The molecule has 2 bridgehead atoms. The van der Waals surface area contributed by atoms with E-state index in [-0.39, 0.29) is 0 Å². The largest absolute Gasteiger partial charge is 0.367 e. The molecule has 3 saturated carbocycles. The zero-order valence-electron chi connectivity index (χ0n) is 9.86. The predicted molar refractivity (Wildman–Crippen MR) is 63.9 cm³/mol. The van der Waals surface area contributed by atoms with E-state index in [1.165, 1.54) is 19.3 Å². The first-order valence-corrected chi connectivity index (χ1v) is 6.74. The van der Waals surface area contributed by atoms with Crippen LogP contribution in [-0.2, 0) is 11.3 Å². The van der Waals surface area contributed by atoms with Gasteiger partial charge in [-0.3, -0.25) is 4.79 Å². The number of amides is 1. The van der Waals surface area contributed by atoms with Crippen molar-refractivity contribution in [2.45, 2.75) is 25.8 Å². The molecular weight excluding hydrogens is 212 g/mol. The molecule has 90 valence electrons. The van der Waals surface area contributed by atoms with Gasteiger partial charge in [0.1, 0.15) is 0 Å². The van der Waals surface area contributed by atoms with Crippen LogP contribution in [0.2, 0.25) is 0 Å². The number of hydrogen-bond acceptors (Lipinski definition) is 1. The summed E-state index contributed by atoms with van der Waals surface area (Å²) < 4.78 is 0. The third-order valence-electron chi connectivity index (χ3n) is 5.17. The summed E-state index contributed by atoms with van der Waals surface area (Å²) in [4.78, 5) is 15.1. The van der Waals surface area contributed by atoms with Crippen LogP contribution in [0.15, 0.2) is 18.5 Å². The molecule has 0 aromatic carbocycles. The molecule has 1 aromatic heterocycles. The fourth-order valence-corrected chi connectivity index (χ4v) is 4.45. The molecule has 2 N–H and O–H groups in total. The number of rotatable bonds is 3. The van der Waals surface area contributed by atoms with Gasteiger partial charge in [-0.25, -0.2) is 0 Å². The Morgan fingerprint density at radius 2 is 2.12 bits per heavy atom. The molecule has 0 saturated heterocycles. The summed E-state index contributed by atoms with van der Waals surface area (Å²) in [6.07, 6.45) is 8.02. The molecule has 4 atom stereocenters. The minimum Gasteiger partial charge on any atom is -0.367 e. The number of nitrogens with one attached hydrogen (secondary N) is 2. The smallest absolute Gasteiger partial charge is 0.223 e. The predicted octanol–water partition coefficient (Wildman–Crippen LogP) is 1.92. The van der Waals surface area contributed by atoms with Gasteiger partial charge in [0.2, 0.25) is 5.91 Å². The van der Waals surface area contributed by atoms with Gasteiger partial charge in [-0.15, -0.1) is 0 Å². The van der Waals surface area contributed by atoms with Crippen LogP contribution in [-0.4, -0.2) is 10.9 Å². The van der Waals surface area contributed by atoms with E-state index in [2.05, 4.69) is 10.3 Å². The van der Waals surface area contributed by atoms with E-state index >= 15 is 0 Å². The van der Waals surface area contributed by atoms with Gasteiger partial charge in [0.15, 0.2) is 0 Å². The Bertz CT molecular complexity index is 423. The van der Waals surface area contributed by atoms with E-state index in [9.17, 15) is 4.79 Å². The van der Waals surface area contributed by atoms with Crippen LogP contribution in [0.4, 0.5) is 0 Å². The monoisotopic (exact) mass is 230 g/mol. The van der Waals surface area contributed by atoms with Crippen molar-refractivity contribution in [3.05, 3.63) is 24.0 Å². The highest BCUT2D eigenvalue weighted by Gasteiger charge is 2.67. The molecule has 3 aliphatic rings. The second kappa shape index (κ2) is 3.37. The van der Waals surface area contributed by atoms with Crippen LogP contribution >= 0.6 is 0 Å². The molecule has 17 heavy (non-hydrogen) atoms. The van der Waals surface area contributed by atoms with E-state index in [0.29, 0.717) is 18.4 Å². The molecule has 3 aliphatic carbocycles. The van der Waals surface area contributed by atoms with E-state index in [0.717, 1.165) is 29.2 Å². The number of aromatic nitrogens is 1. The molecule has 1 heterocycles. The fourth-order valence-electron chi connectivity index (χ4n) is 4.45. The van der Waals surface area contributed by atoms with Crippen molar-refractivity contribution in [1.29, 1.82) is 0 Å². The molecule has 3 fully saturated rings. The lowest BCUT2D eigenvalue weighted by Crippen LogP contribution is -2.26. The molecule has 3 nitrogen and oxygen atoms in total. The molecule has 0 spiro atoms. The molecule has 1 amide bonds. The summed E-state index contributed by atoms with van der Waals surface area (Å²) in [6, 6.07) is 2.01. The van der Waals surface area contributed by atoms with Gasteiger partial charge in [0.25, 0.3) is 0 Å². The molecule has 3 heteroatoms. The third-order valence-corrected chi connectivity index (χ3v) is 5.17. The van der Waals surface area contributed by atoms with Crippen molar-refractivity contribution in [3.63, 3.8) is 0 Å². The Hall–Kier alpha value is -1.25. The van der Waals surface area contributed by atoms with Gasteiger partial charge in [-0.05, 0) is 54.6 Å². The minimum atomic E-state index is 0.304. The zero-order valence-corrected chi connectivity index (χ0v) is 9.86. The number of fused-ring (bicyclic) bond motifs is 5. The van der Waals surface area contributed by atoms with E-state index in [1.807, 2.05) is 18.5 Å². The normalized spacial score (nSPS) is 41.3. The maximum absolute atomic E-state index is 12.1. The van der Waals surface area contributed by atoms with E-state index in [4.69, 9.17) is 0 Å². The Morgan fingerprint density at radius 1 is 1.35 bits per heavy atom. The van der Waals surface area contributed by atoms with Crippen molar-refractivity contribution < 1.29 is 4.79 Å². The van der Waals surface area contributed by atoms with Crippen molar-refractivity contribution in [2.24, 2.45) is 29.6 Å². The summed E-state index contributed by atoms with van der Waals surface area (Å²) in [6.45, 7) is 0.674. The number of aromatic amines is 1. The molecule has 1 aromatic rings. The zero-order chi connectivity index (χ0) is 11.4. The maximum atomic E-state index is 12.1. The quantitative estimate of drug-likeness (QED) is 0.818. The Morgan fingerprint density at radius 3 is 2.76 bits per heavy atom. The fraction of sp³-hybridized carbons (Fsp3) is 0.643. The SMILES string of the molecule is O=C(NCc1cc[nH]c1)C1C2C3CCC(C3)C12. The molecule has 0 radical (unpaired) electrons. The highest BCUT2D eigenvalue weighted by atomic mass is 16.2. The lowest BCUT2D eigenvalue weighted by atomic mass is 10.0. The van der Waals surface area contributed by atoms with Crippen LogP contribution in [0.25, 0.3) is 0 Å². The first-order valence-electron chi connectivity index (χ1n) is 6.74. The average molecular weight is 230 g/mol. The van der Waals surface area contributed by atoms with Crippen LogP contribution in [0.5, 0.6) is 0 Å². The Balaban J connectivity index is 1.37. The summed E-state index contributed by atoms with van der Waals surface area (Å²) in [5, 5.41) is 3.09. The van der Waals surface area contributed by atoms with Gasteiger partial charge in [-0.2, -0.15) is 0 Å². The van der Waals surface area contributed by atoms with Crippen LogP contribution in [0.3, 0.4) is 0 Å². The Kier molecular flexibility index (Phi) is 1.93. The number of carbonyl (C=O) groups is 1. The van der Waals surface area contributed by atoms with Gasteiger partial charge in [-0.1, -0.05) is 0 Å². The standard InChI is InChI=1S/C14H18N2O/c17-14(16-7-8-3-4-15-6-8)13-11-9-1-2-10(5-9)12(11)13/h3-4,6,9-13,15H,1-2,5,7H2,(H,16,17). The number of hydrogen-bond donors (Lipinski definition) is 2. The highest BCUT2D eigenvalue weighted by molar-refractivity contribution is 5.82. The first-order chi connectivity index (χ1) is 8.34. The van der Waals surface area contributed by atoms with Crippen molar-refractivity contribution in [2.75, 3.05) is 0 Å². The number of H-pyrrole nitrogens is 1. The second-order valence-electron chi connectivity index (χ2n) is 5.95. The molecule has 4 rings (SSSR count). The summed E-state index contributed by atoms with van der Waals surface area (Å²) in [5.74, 6) is 3.93. The lowest BCUT2D eigenvalue weighted by molar-refractivity contribution is -0.123. The van der Waals surface area contributed by atoms with Crippen molar-refractivity contribution >= 4 is 5.91 Å². The van der Waals surface area contributed by atoms with Crippen molar-refractivity contribution in [1.82, 2.24) is 10.3 Å². The van der Waals surface area contributed by atoms with E-state index in [1.54, 1.807) is 0 Å². The summed E-state index contributed by atoms with van der Waals surface area (Å²) in [5.41, 5.74) is 1.16. The summed E-state index contributed by atoms with van der Waals surface area (Å²) in [7, 11) is 0. The Labute approximate surface area is 101 Å². The summed E-state index contributed by atoms with van der Waals surface area (Å²) >= 11 is 0. The maximum Gasteiger partial charge on any atom is 0.223 e. The van der Waals surface area contributed by atoms with Crippen molar-refractivity contribution in [3.8, 4) is 0 Å². The van der Waals surface area contributed by atoms with Crippen LogP contribution in [0.1, 0.15) is 24.8 Å². The van der Waals surface area contributed by atoms with Gasteiger partial charge >= 0.3 is 0 Å². The second-order valence-corrected chi connectivity index (χ2v) is 5.95. The third kappa shape index (κ3) is 1.38. The van der Waals surface area contributed by atoms with E-state index < -0.39 is 0 Å². The van der Waals surface area contributed by atoms with Crippen LogP contribution < -0.4 is 5.32 Å². The lowest BCUT2D eigenvalue weighted by Gasteiger charge is -2.08. The van der Waals surface area contributed by atoms with Gasteiger partial charge < -0.3 is 10.3 Å². The first kappa shape index (κ1) is 9.75. The van der Waals surface area contributed by atoms with Crippen LogP contribution in [0, 0.1) is 29.6 Å². The minimum absolute atomic E-state index is 0.304. The topological polar surface area (TPSA) is 44.9 Å². The number of carbonyl (C=O) groups excluding carboxylic acids is 1. The average Bonchev–Trinajstić information content (AvgIpc) is 2.80. The molecular formula is C14H18N2O. The molecule has 0 aliphatic heterocycles. The highest BCUT2D eigenvalue weighted by Crippen LogP contribution is 2.69. The molecule has 4 unspecified atom stereocenters.